The van der Waals surface area contributed by atoms with Crippen LogP contribution in [0.15, 0.2) is 47.8 Å². The van der Waals surface area contributed by atoms with Gasteiger partial charge in [-0.3, -0.25) is 5.32 Å². The van der Waals surface area contributed by atoms with Crippen molar-refractivity contribution in [1.29, 1.82) is 0 Å². The van der Waals surface area contributed by atoms with E-state index in [9.17, 15) is 9.59 Å². The Bertz CT molecular complexity index is 1160. The van der Waals surface area contributed by atoms with Crippen LogP contribution < -0.4 is 14.8 Å². The molecule has 0 radical (unpaired) electrons. The van der Waals surface area contributed by atoms with Crippen molar-refractivity contribution in [2.45, 2.75) is 39.9 Å². The standard InChI is InChI=1S/C26H29NO6S/c1-16-7-9-17(10-8-16)14-32-24(28)22-19(18-11-12-20(30-5)21(13-18)31-6)15-34-23(22)27-25(29)33-26(2,3)4/h7-13,15H,14H2,1-6H3,(H,27,29). The van der Waals surface area contributed by atoms with Crippen LogP contribution in [0, 0.1) is 6.92 Å². The van der Waals surface area contributed by atoms with Gasteiger partial charge in [-0.1, -0.05) is 35.9 Å². The number of nitrogens with one attached hydrogen (secondary N) is 1. The maximum atomic E-state index is 13.2. The molecule has 2 aromatic carbocycles. The zero-order chi connectivity index (χ0) is 24.9. The lowest BCUT2D eigenvalue weighted by atomic mass is 10.0. The monoisotopic (exact) mass is 483 g/mol. The number of carbonyl (C=O) groups is 2. The smallest absolute Gasteiger partial charge is 0.412 e. The summed E-state index contributed by atoms with van der Waals surface area (Å²) in [7, 11) is 3.10. The minimum atomic E-state index is -0.681. The largest absolute Gasteiger partial charge is 0.493 e. The molecule has 180 valence electrons. The third kappa shape index (κ3) is 6.29. The van der Waals surface area contributed by atoms with E-state index in [2.05, 4.69) is 5.32 Å². The summed E-state index contributed by atoms with van der Waals surface area (Å²) in [4.78, 5) is 25.7. The summed E-state index contributed by atoms with van der Waals surface area (Å²) in [6.45, 7) is 7.41. The molecule has 8 heteroatoms. The van der Waals surface area contributed by atoms with E-state index in [0.29, 0.717) is 27.6 Å². The highest BCUT2D eigenvalue weighted by molar-refractivity contribution is 7.15. The van der Waals surface area contributed by atoms with Crippen molar-refractivity contribution in [2.24, 2.45) is 0 Å². The summed E-state index contributed by atoms with van der Waals surface area (Å²) in [5.74, 6) is 0.529. The third-order valence-corrected chi connectivity index (χ3v) is 5.69. The van der Waals surface area contributed by atoms with Gasteiger partial charge in [0.25, 0.3) is 0 Å². The molecule has 0 fully saturated rings. The summed E-state index contributed by atoms with van der Waals surface area (Å²) in [6, 6.07) is 13.1. The lowest BCUT2D eigenvalue weighted by Gasteiger charge is -2.19. The molecule has 0 unspecified atom stereocenters. The average molecular weight is 484 g/mol. The van der Waals surface area contributed by atoms with Gasteiger partial charge in [0.15, 0.2) is 11.5 Å². The molecule has 3 rings (SSSR count). The first-order valence-electron chi connectivity index (χ1n) is 10.7. The number of rotatable bonds is 7. The second-order valence-corrected chi connectivity index (χ2v) is 9.49. The molecular weight excluding hydrogens is 454 g/mol. The molecule has 0 bridgehead atoms. The van der Waals surface area contributed by atoms with E-state index in [4.69, 9.17) is 18.9 Å². The maximum Gasteiger partial charge on any atom is 0.412 e. The molecule has 0 aliphatic heterocycles. The first-order valence-corrected chi connectivity index (χ1v) is 11.6. The number of hydrogen-bond donors (Lipinski definition) is 1. The number of esters is 1. The summed E-state index contributed by atoms with van der Waals surface area (Å²) >= 11 is 1.22. The minimum Gasteiger partial charge on any atom is -0.493 e. The van der Waals surface area contributed by atoms with Gasteiger partial charge in [0.2, 0.25) is 0 Å². The number of ether oxygens (including phenoxy) is 4. The fourth-order valence-electron chi connectivity index (χ4n) is 3.17. The van der Waals surface area contributed by atoms with Gasteiger partial charge < -0.3 is 18.9 Å². The maximum absolute atomic E-state index is 13.2. The van der Waals surface area contributed by atoms with Crippen molar-refractivity contribution in [2.75, 3.05) is 19.5 Å². The van der Waals surface area contributed by atoms with Gasteiger partial charge in [-0.05, 0) is 51.0 Å². The Labute approximate surface area is 203 Å². The molecule has 0 aliphatic carbocycles. The van der Waals surface area contributed by atoms with Crippen LogP contribution in [0.2, 0.25) is 0 Å². The molecule has 7 nitrogen and oxygen atoms in total. The van der Waals surface area contributed by atoms with E-state index >= 15 is 0 Å². The fourth-order valence-corrected chi connectivity index (χ4v) is 4.11. The Hall–Kier alpha value is -3.52. The van der Waals surface area contributed by atoms with Crippen LogP contribution in [-0.4, -0.2) is 31.9 Å². The van der Waals surface area contributed by atoms with Crippen LogP contribution in [0.1, 0.15) is 42.3 Å². The lowest BCUT2D eigenvalue weighted by Crippen LogP contribution is -2.27. The summed E-state index contributed by atoms with van der Waals surface area (Å²) in [6.07, 6.45) is -0.652. The van der Waals surface area contributed by atoms with E-state index in [1.807, 2.05) is 37.3 Å². The molecule has 1 N–H and O–H groups in total. The van der Waals surface area contributed by atoms with Gasteiger partial charge >= 0.3 is 12.1 Å². The van der Waals surface area contributed by atoms with Crippen molar-refractivity contribution in [3.63, 3.8) is 0 Å². The molecule has 1 aromatic heterocycles. The number of amides is 1. The fraction of sp³-hybridized carbons (Fsp3) is 0.308. The molecule has 0 saturated heterocycles. The topological polar surface area (TPSA) is 83.1 Å². The number of benzene rings is 2. The zero-order valence-electron chi connectivity index (χ0n) is 20.2. The van der Waals surface area contributed by atoms with Crippen LogP contribution >= 0.6 is 11.3 Å². The molecule has 0 aliphatic rings. The van der Waals surface area contributed by atoms with Crippen LogP contribution in [0.25, 0.3) is 11.1 Å². The van der Waals surface area contributed by atoms with Crippen molar-refractivity contribution >= 4 is 28.4 Å². The van der Waals surface area contributed by atoms with E-state index in [-0.39, 0.29) is 12.2 Å². The van der Waals surface area contributed by atoms with Crippen molar-refractivity contribution in [3.8, 4) is 22.6 Å². The summed E-state index contributed by atoms with van der Waals surface area (Å²) in [5, 5.41) is 4.82. The van der Waals surface area contributed by atoms with Gasteiger partial charge in [-0.15, -0.1) is 11.3 Å². The molecular formula is C26H29NO6S. The summed E-state index contributed by atoms with van der Waals surface area (Å²) < 4.78 is 21.7. The Balaban J connectivity index is 1.95. The second-order valence-electron chi connectivity index (χ2n) is 8.61. The zero-order valence-corrected chi connectivity index (χ0v) is 21.0. The van der Waals surface area contributed by atoms with Crippen LogP contribution in [0.5, 0.6) is 11.5 Å². The van der Waals surface area contributed by atoms with Gasteiger partial charge in [-0.2, -0.15) is 0 Å². The van der Waals surface area contributed by atoms with E-state index < -0.39 is 17.7 Å². The van der Waals surface area contributed by atoms with Gasteiger partial charge in [-0.25, -0.2) is 9.59 Å². The Morgan fingerprint density at radius 2 is 1.65 bits per heavy atom. The van der Waals surface area contributed by atoms with E-state index in [0.717, 1.165) is 11.1 Å². The lowest BCUT2D eigenvalue weighted by molar-refractivity contribution is 0.0475. The van der Waals surface area contributed by atoms with Crippen molar-refractivity contribution < 1.29 is 28.5 Å². The third-order valence-electron chi connectivity index (χ3n) is 4.79. The Morgan fingerprint density at radius 3 is 2.26 bits per heavy atom. The number of thiophene rings is 1. The number of hydrogen-bond acceptors (Lipinski definition) is 7. The highest BCUT2D eigenvalue weighted by Gasteiger charge is 2.25. The number of methoxy groups -OCH3 is 2. The van der Waals surface area contributed by atoms with E-state index in [1.54, 1.807) is 52.5 Å². The molecule has 0 spiro atoms. The highest BCUT2D eigenvalue weighted by atomic mass is 32.1. The van der Waals surface area contributed by atoms with Gasteiger partial charge in [0.1, 0.15) is 22.8 Å². The van der Waals surface area contributed by atoms with Crippen LogP contribution in [0.4, 0.5) is 9.80 Å². The average Bonchev–Trinajstić information content (AvgIpc) is 3.20. The number of aryl methyl sites for hydroxylation is 1. The number of carbonyl (C=O) groups excluding carboxylic acids is 2. The first kappa shape index (κ1) is 25.1. The molecule has 0 atom stereocenters. The number of anilines is 1. The van der Waals surface area contributed by atoms with Crippen LogP contribution in [-0.2, 0) is 16.1 Å². The molecule has 0 saturated carbocycles. The molecule has 34 heavy (non-hydrogen) atoms. The minimum absolute atomic E-state index is 0.103. The predicted octanol–water partition coefficient (Wildman–Crippen LogP) is 6.44. The second kappa shape index (κ2) is 10.6. The quantitative estimate of drug-likeness (QED) is 0.389. The first-order chi connectivity index (χ1) is 16.1. The van der Waals surface area contributed by atoms with Crippen molar-refractivity contribution in [1.82, 2.24) is 0 Å². The Morgan fingerprint density at radius 1 is 0.971 bits per heavy atom. The van der Waals surface area contributed by atoms with Crippen LogP contribution in [0.3, 0.4) is 0 Å². The Kier molecular flexibility index (Phi) is 7.83. The molecule has 3 aromatic rings. The molecule has 1 amide bonds. The molecule has 1 heterocycles. The highest BCUT2D eigenvalue weighted by Crippen LogP contribution is 2.40. The SMILES string of the molecule is COc1ccc(-c2csc(NC(=O)OC(C)(C)C)c2C(=O)OCc2ccc(C)cc2)cc1OC. The van der Waals surface area contributed by atoms with Gasteiger partial charge in [0, 0.05) is 10.9 Å². The van der Waals surface area contributed by atoms with Gasteiger partial charge in [0.05, 0.1) is 14.2 Å². The summed E-state index contributed by atoms with van der Waals surface area (Å²) in [5.41, 5.74) is 2.87. The van der Waals surface area contributed by atoms with Crippen molar-refractivity contribution in [3.05, 3.63) is 64.5 Å². The predicted molar refractivity (Wildman–Crippen MR) is 133 cm³/mol. The van der Waals surface area contributed by atoms with E-state index in [1.165, 1.54) is 11.3 Å². The normalized spacial score (nSPS) is 11.0.